The van der Waals surface area contributed by atoms with Crippen LogP contribution in [0.3, 0.4) is 0 Å². The zero-order valence-corrected chi connectivity index (χ0v) is 19.2. The predicted molar refractivity (Wildman–Crippen MR) is 114 cm³/mol. The number of β-lactam (4-membered cyclic amide) rings is 1. The second kappa shape index (κ2) is 8.64. The third-order valence-electron chi connectivity index (χ3n) is 4.85. The number of ether oxygens (including phenoxy) is 2. The fraction of sp³-hybridized carbons (Fsp3) is 0.667. The molecule has 0 bridgehead atoms. The standard InChI is InChI=1S/C18H27NO6S2Si/c1-6-7-24-16(22)18(17(23)25-8-9-28(3,4)5)12(10-26)27-15-13(11(2)20)14(21)19(15)18/h6,10-13,15,20H,1,7-9H2,2-5H3/t11?,12-,13+,15+,18+/m0/s1. The van der Waals surface area contributed by atoms with Gasteiger partial charge in [-0.2, -0.15) is 0 Å². The van der Waals surface area contributed by atoms with Gasteiger partial charge in [0.1, 0.15) is 6.61 Å². The zero-order valence-electron chi connectivity index (χ0n) is 16.5. The van der Waals surface area contributed by atoms with Crippen molar-refractivity contribution in [2.45, 2.75) is 54.9 Å². The Labute approximate surface area is 175 Å². The maximum absolute atomic E-state index is 13.2. The highest BCUT2D eigenvalue weighted by atomic mass is 32.2. The van der Waals surface area contributed by atoms with Crippen molar-refractivity contribution < 1.29 is 29.0 Å². The Morgan fingerprint density at radius 1 is 1.39 bits per heavy atom. The van der Waals surface area contributed by atoms with E-state index < -0.39 is 54.1 Å². The monoisotopic (exact) mass is 445 g/mol. The molecule has 5 atom stereocenters. The van der Waals surface area contributed by atoms with Crippen LogP contribution >= 0.6 is 24.0 Å². The molecule has 0 aromatic rings. The lowest BCUT2D eigenvalue weighted by molar-refractivity contribution is -0.190. The molecule has 2 heterocycles. The summed E-state index contributed by atoms with van der Waals surface area (Å²) in [5, 5.41) is 9.87. The Morgan fingerprint density at radius 3 is 2.50 bits per heavy atom. The molecule has 7 nitrogen and oxygen atoms in total. The van der Waals surface area contributed by atoms with Crippen LogP contribution < -0.4 is 0 Å². The molecule has 0 spiro atoms. The number of carbonyl (C=O) groups is 3. The van der Waals surface area contributed by atoms with E-state index in [1.54, 1.807) is 0 Å². The second-order valence-corrected chi connectivity index (χ2v) is 15.3. The number of aliphatic hydroxyl groups is 1. The average Bonchev–Trinajstić information content (AvgIpc) is 2.89. The molecule has 1 N–H and O–H groups in total. The molecule has 2 fully saturated rings. The first-order valence-electron chi connectivity index (χ1n) is 9.09. The smallest absolute Gasteiger partial charge is 0.345 e. The number of thiocarbonyl (C=S) groups is 1. The number of hydrogen-bond acceptors (Lipinski definition) is 8. The zero-order chi connectivity index (χ0) is 21.3. The minimum absolute atomic E-state index is 0.107. The van der Waals surface area contributed by atoms with Crippen molar-refractivity contribution in [2.24, 2.45) is 5.92 Å². The molecule has 0 aromatic carbocycles. The lowest BCUT2D eigenvalue weighted by atomic mass is 9.83. The Kier molecular flexibility index (Phi) is 7.11. The van der Waals surface area contributed by atoms with E-state index >= 15 is 0 Å². The third kappa shape index (κ3) is 3.92. The van der Waals surface area contributed by atoms with E-state index in [0.29, 0.717) is 0 Å². The van der Waals surface area contributed by atoms with Crippen LogP contribution in [0.25, 0.3) is 0 Å². The molecule has 1 unspecified atom stereocenters. The van der Waals surface area contributed by atoms with Crippen LogP contribution in [0.5, 0.6) is 0 Å². The van der Waals surface area contributed by atoms with Gasteiger partial charge in [-0.3, -0.25) is 4.79 Å². The maximum Gasteiger partial charge on any atom is 0.345 e. The van der Waals surface area contributed by atoms with Gasteiger partial charge in [-0.05, 0) is 18.3 Å². The summed E-state index contributed by atoms with van der Waals surface area (Å²) in [6.07, 6.45) is 0.472. The Balaban J connectivity index is 2.38. The fourth-order valence-corrected chi connectivity index (χ4v) is 6.16. The highest BCUT2D eigenvalue weighted by Crippen LogP contribution is 2.54. The van der Waals surface area contributed by atoms with Crippen LogP contribution in [0.1, 0.15) is 6.92 Å². The lowest BCUT2D eigenvalue weighted by Crippen LogP contribution is -2.74. The number of rotatable bonds is 9. The summed E-state index contributed by atoms with van der Waals surface area (Å²) in [5.41, 5.74) is -1.97. The quantitative estimate of drug-likeness (QED) is 0.143. The minimum Gasteiger partial charge on any atom is -0.464 e. The number of fused-ring (bicyclic) bond motifs is 1. The van der Waals surface area contributed by atoms with Gasteiger partial charge in [0.25, 0.3) is 5.54 Å². The van der Waals surface area contributed by atoms with Gasteiger partial charge < -0.3 is 19.5 Å². The molecule has 10 heteroatoms. The van der Waals surface area contributed by atoms with Gasteiger partial charge in [-0.1, -0.05) is 44.5 Å². The predicted octanol–water partition coefficient (Wildman–Crippen LogP) is 1.62. The highest BCUT2D eigenvalue weighted by Gasteiger charge is 2.74. The van der Waals surface area contributed by atoms with E-state index in [9.17, 15) is 19.5 Å². The van der Waals surface area contributed by atoms with E-state index in [1.807, 2.05) is 0 Å². The summed E-state index contributed by atoms with van der Waals surface area (Å²) in [4.78, 5) is 40.1. The van der Waals surface area contributed by atoms with Gasteiger partial charge in [-0.15, -0.1) is 11.8 Å². The van der Waals surface area contributed by atoms with Crippen LogP contribution in [0, 0.1) is 5.92 Å². The number of thioether (sulfide) groups is 1. The van der Waals surface area contributed by atoms with Gasteiger partial charge in [-0.25, -0.2) is 9.59 Å². The van der Waals surface area contributed by atoms with Crippen molar-refractivity contribution in [1.29, 1.82) is 0 Å². The van der Waals surface area contributed by atoms with E-state index in [4.69, 9.17) is 21.7 Å². The lowest BCUT2D eigenvalue weighted by Gasteiger charge is -2.48. The van der Waals surface area contributed by atoms with E-state index in [2.05, 4.69) is 26.2 Å². The van der Waals surface area contributed by atoms with Gasteiger partial charge in [0, 0.05) is 8.07 Å². The third-order valence-corrected chi connectivity index (χ3v) is 8.55. The molecule has 2 aliphatic heterocycles. The summed E-state index contributed by atoms with van der Waals surface area (Å²) in [6.45, 7) is 11.5. The first-order chi connectivity index (χ1) is 13.0. The van der Waals surface area contributed by atoms with Gasteiger partial charge in [0.2, 0.25) is 5.91 Å². The number of amides is 1. The molecular formula is C18H27NO6S2Si. The van der Waals surface area contributed by atoms with Crippen molar-refractivity contribution in [1.82, 2.24) is 4.90 Å². The van der Waals surface area contributed by atoms with Crippen molar-refractivity contribution >= 4 is 55.3 Å². The topological polar surface area (TPSA) is 93.1 Å². The first-order valence-corrected chi connectivity index (χ1v) is 14.2. The number of carbonyl (C=O) groups excluding carboxylic acids is 3. The number of hydrogen-bond donors (Lipinski definition) is 1. The summed E-state index contributed by atoms with van der Waals surface area (Å²) < 4.78 is 10.7. The maximum atomic E-state index is 13.2. The van der Waals surface area contributed by atoms with E-state index in [0.717, 1.165) is 6.04 Å². The molecule has 2 rings (SSSR count). The largest absolute Gasteiger partial charge is 0.464 e. The molecule has 0 aliphatic carbocycles. The van der Waals surface area contributed by atoms with Crippen molar-refractivity contribution in [3.8, 4) is 0 Å². The first kappa shape index (κ1) is 23.0. The Bertz CT molecular complexity index is 679. The van der Waals surface area contributed by atoms with Crippen LogP contribution in [0.4, 0.5) is 0 Å². The van der Waals surface area contributed by atoms with Crippen molar-refractivity contribution in [2.75, 3.05) is 13.2 Å². The SMILES string of the molecule is C=CCOC(=O)[C@@]1(C(=O)OCC[Si](C)(C)C)[C@H](C=S)S[C@@H]2[C@H](C(C)O)C(=O)N21. The number of esters is 2. The van der Waals surface area contributed by atoms with Gasteiger partial charge in [0.15, 0.2) is 0 Å². The fourth-order valence-electron chi connectivity index (χ4n) is 3.28. The normalized spacial score (nSPS) is 30.1. The molecule has 2 saturated heterocycles. The average molecular weight is 446 g/mol. The molecule has 1 amide bonds. The summed E-state index contributed by atoms with van der Waals surface area (Å²) in [6, 6.07) is 0.722. The second-order valence-electron chi connectivity index (χ2n) is 8.16. The van der Waals surface area contributed by atoms with Crippen LogP contribution in [-0.2, 0) is 23.9 Å². The Morgan fingerprint density at radius 2 is 2.00 bits per heavy atom. The van der Waals surface area contributed by atoms with Crippen molar-refractivity contribution in [3.63, 3.8) is 0 Å². The molecule has 156 valence electrons. The van der Waals surface area contributed by atoms with Crippen LogP contribution in [0.15, 0.2) is 12.7 Å². The molecular weight excluding hydrogens is 418 g/mol. The molecule has 0 aromatic heterocycles. The highest BCUT2D eigenvalue weighted by molar-refractivity contribution is 8.02. The molecule has 0 radical (unpaired) electrons. The minimum atomic E-state index is -1.97. The van der Waals surface area contributed by atoms with Gasteiger partial charge in [0.05, 0.1) is 29.3 Å². The Hall–Kier alpha value is -1.23. The van der Waals surface area contributed by atoms with Gasteiger partial charge >= 0.3 is 11.9 Å². The summed E-state index contributed by atoms with van der Waals surface area (Å²) in [5.74, 6) is -2.90. The number of aliphatic hydroxyl groups excluding tert-OH is 1. The molecule has 28 heavy (non-hydrogen) atoms. The summed E-state index contributed by atoms with van der Waals surface area (Å²) >= 11 is 6.29. The molecule has 2 aliphatic rings. The van der Waals surface area contributed by atoms with E-state index in [-0.39, 0.29) is 13.2 Å². The summed E-state index contributed by atoms with van der Waals surface area (Å²) in [7, 11) is -1.47. The van der Waals surface area contributed by atoms with Crippen molar-refractivity contribution in [3.05, 3.63) is 12.7 Å². The van der Waals surface area contributed by atoms with Crippen LogP contribution in [-0.4, -0.2) is 76.8 Å². The number of nitrogens with zero attached hydrogens (tertiary/aromatic N) is 1. The van der Waals surface area contributed by atoms with Crippen LogP contribution in [0.2, 0.25) is 25.7 Å². The van der Waals surface area contributed by atoms with E-state index in [1.165, 1.54) is 35.0 Å². The molecule has 0 saturated carbocycles.